The van der Waals surface area contributed by atoms with Crippen molar-refractivity contribution in [1.29, 1.82) is 0 Å². The van der Waals surface area contributed by atoms with Crippen LogP contribution < -0.4 is 4.57 Å². The quantitative estimate of drug-likeness (QED) is 0.0920. The van der Waals surface area contributed by atoms with E-state index in [0.717, 1.165) is 19.4 Å². The van der Waals surface area contributed by atoms with Crippen molar-refractivity contribution in [3.8, 4) is 0 Å². The average molecular weight is 481 g/mol. The largest absolute Gasteiger partial charge is 0.373 e. The van der Waals surface area contributed by atoms with Gasteiger partial charge in [-0.15, -0.1) is 0 Å². The fraction of sp³-hybridized carbons (Fsp3) is 0.828. The second-order valence-corrected chi connectivity index (χ2v) is 9.59. The smallest absolute Gasteiger partial charge is 0.188 e. The summed E-state index contributed by atoms with van der Waals surface area (Å²) in [6.07, 6.45) is 21.4. The number of unbranched alkanes of at least 4 members (excludes halogenated alkanes) is 10. The first-order valence-corrected chi connectivity index (χ1v) is 14.0. The zero-order chi connectivity index (χ0) is 24.7. The van der Waals surface area contributed by atoms with Crippen molar-refractivity contribution < 1.29 is 23.5 Å². The number of rotatable bonds is 24. The molecule has 0 N–H and O–H groups in total. The Kier molecular flexibility index (Phi) is 19.4. The Balaban J connectivity index is 2.06. The van der Waals surface area contributed by atoms with Crippen LogP contribution in [-0.2, 0) is 25.5 Å². The molecule has 0 amide bonds. The van der Waals surface area contributed by atoms with Crippen molar-refractivity contribution in [3.05, 3.63) is 30.6 Å². The van der Waals surface area contributed by atoms with Crippen molar-refractivity contribution >= 4 is 0 Å². The number of hydrogen-bond acceptors (Lipinski definition) is 4. The van der Waals surface area contributed by atoms with E-state index in [1.807, 2.05) is 37.5 Å². The van der Waals surface area contributed by atoms with E-state index >= 15 is 0 Å². The van der Waals surface area contributed by atoms with Gasteiger partial charge >= 0.3 is 0 Å². The van der Waals surface area contributed by atoms with E-state index in [1.165, 1.54) is 70.6 Å². The highest BCUT2D eigenvalue weighted by molar-refractivity contribution is 4.83. The van der Waals surface area contributed by atoms with Gasteiger partial charge in [-0.1, -0.05) is 90.5 Å². The van der Waals surface area contributed by atoms with Crippen LogP contribution in [0.2, 0.25) is 0 Å². The lowest BCUT2D eigenvalue weighted by Gasteiger charge is -2.32. The Hall–Kier alpha value is -1.01. The normalized spacial score (nSPS) is 14.2. The first-order chi connectivity index (χ1) is 16.6. The predicted octanol–water partition coefficient (Wildman–Crippen LogP) is 6.87. The topological polar surface area (TPSA) is 40.8 Å². The molecular weight excluding hydrogens is 426 g/mol. The lowest BCUT2D eigenvalue weighted by molar-refractivity contribution is -0.698. The molecule has 0 fully saturated rings. The van der Waals surface area contributed by atoms with Crippen LogP contribution in [0.15, 0.2) is 30.6 Å². The fourth-order valence-electron chi connectivity index (χ4n) is 4.11. The molecule has 0 aromatic carbocycles. The van der Waals surface area contributed by atoms with Crippen LogP contribution in [0.25, 0.3) is 0 Å². The van der Waals surface area contributed by atoms with Gasteiger partial charge in [-0.05, 0) is 19.8 Å². The zero-order valence-electron chi connectivity index (χ0n) is 22.8. The highest BCUT2D eigenvalue weighted by atomic mass is 16.7. The van der Waals surface area contributed by atoms with E-state index in [1.54, 1.807) is 7.11 Å². The van der Waals surface area contributed by atoms with Gasteiger partial charge in [0.2, 0.25) is 0 Å². The average Bonchev–Trinajstić information content (AvgIpc) is 2.86. The summed E-state index contributed by atoms with van der Waals surface area (Å²) >= 11 is 0. The maximum atomic E-state index is 6.32. The molecule has 198 valence electrons. The summed E-state index contributed by atoms with van der Waals surface area (Å²) in [6.45, 7) is 9.49. The molecule has 0 bridgehead atoms. The molecule has 5 nitrogen and oxygen atoms in total. The van der Waals surface area contributed by atoms with Gasteiger partial charge < -0.3 is 18.9 Å². The van der Waals surface area contributed by atoms with Crippen molar-refractivity contribution in [1.82, 2.24) is 0 Å². The van der Waals surface area contributed by atoms with Crippen LogP contribution in [0, 0.1) is 0 Å². The number of methoxy groups -OCH3 is 1. The van der Waals surface area contributed by atoms with Gasteiger partial charge in [0.25, 0.3) is 0 Å². The number of aromatic nitrogens is 1. The van der Waals surface area contributed by atoms with E-state index in [9.17, 15) is 0 Å². The standard InChI is InChI=1S/C29H54NO4/c1-5-7-8-9-10-11-12-13-14-15-17-20-28(6-2)34-29(3,31-4)27-33-26-25-32-24-23-30-21-18-16-19-22-30/h16,18-19,21-22,28H,5-15,17,20,23-27H2,1-4H3/q+1. The molecule has 0 saturated heterocycles. The van der Waals surface area contributed by atoms with E-state index in [0.29, 0.717) is 26.4 Å². The third-order valence-electron chi connectivity index (χ3n) is 6.44. The highest BCUT2D eigenvalue weighted by Crippen LogP contribution is 2.21. The van der Waals surface area contributed by atoms with Crippen LogP contribution in [0.5, 0.6) is 0 Å². The van der Waals surface area contributed by atoms with Crippen molar-refractivity contribution in [2.45, 2.75) is 123 Å². The molecule has 1 rings (SSSR count). The molecule has 0 aliphatic carbocycles. The minimum atomic E-state index is -0.710. The molecule has 34 heavy (non-hydrogen) atoms. The first kappa shape index (κ1) is 31.0. The van der Waals surface area contributed by atoms with Crippen LogP contribution >= 0.6 is 0 Å². The third kappa shape index (κ3) is 16.6. The van der Waals surface area contributed by atoms with E-state index in [4.69, 9.17) is 18.9 Å². The van der Waals surface area contributed by atoms with Crippen molar-refractivity contribution in [2.75, 3.05) is 33.5 Å². The summed E-state index contributed by atoms with van der Waals surface area (Å²) in [4.78, 5) is 0. The Labute approximate surface area is 210 Å². The van der Waals surface area contributed by atoms with Crippen LogP contribution in [0.4, 0.5) is 0 Å². The van der Waals surface area contributed by atoms with Gasteiger partial charge in [0, 0.05) is 19.2 Å². The van der Waals surface area contributed by atoms with Gasteiger partial charge in [-0.3, -0.25) is 0 Å². The Morgan fingerprint density at radius 1 is 0.735 bits per heavy atom. The SMILES string of the molecule is CCCCCCCCCCCCCC(CC)OC(C)(COCCOCC[n+]1ccccc1)OC. The number of nitrogens with zero attached hydrogens (tertiary/aromatic N) is 1. The van der Waals surface area contributed by atoms with Gasteiger partial charge in [0.1, 0.15) is 13.2 Å². The monoisotopic (exact) mass is 480 g/mol. The third-order valence-corrected chi connectivity index (χ3v) is 6.44. The van der Waals surface area contributed by atoms with Gasteiger partial charge in [-0.2, -0.15) is 0 Å². The number of ether oxygens (including phenoxy) is 4. The Morgan fingerprint density at radius 3 is 1.91 bits per heavy atom. The Bertz CT molecular complexity index is 556. The van der Waals surface area contributed by atoms with Crippen LogP contribution in [0.1, 0.15) is 104 Å². The maximum Gasteiger partial charge on any atom is 0.188 e. The lowest BCUT2D eigenvalue weighted by Crippen LogP contribution is -2.40. The van der Waals surface area contributed by atoms with E-state index < -0.39 is 5.79 Å². The van der Waals surface area contributed by atoms with Crippen LogP contribution in [-0.4, -0.2) is 45.4 Å². The second kappa shape index (κ2) is 21.3. The molecule has 0 radical (unpaired) electrons. The molecule has 2 unspecified atom stereocenters. The summed E-state index contributed by atoms with van der Waals surface area (Å²) < 4.78 is 25.6. The van der Waals surface area contributed by atoms with Crippen molar-refractivity contribution in [2.24, 2.45) is 0 Å². The molecule has 0 aliphatic heterocycles. The molecule has 0 spiro atoms. The second-order valence-electron chi connectivity index (χ2n) is 9.59. The molecule has 1 aromatic rings. The minimum absolute atomic E-state index is 0.214. The molecule has 0 saturated carbocycles. The summed E-state index contributed by atoms with van der Waals surface area (Å²) in [5.74, 6) is -0.710. The first-order valence-electron chi connectivity index (χ1n) is 14.0. The fourth-order valence-corrected chi connectivity index (χ4v) is 4.11. The molecule has 0 aliphatic rings. The van der Waals surface area contributed by atoms with E-state index in [-0.39, 0.29) is 6.10 Å². The lowest BCUT2D eigenvalue weighted by atomic mass is 10.0. The predicted molar refractivity (Wildman–Crippen MR) is 140 cm³/mol. The van der Waals surface area contributed by atoms with Crippen molar-refractivity contribution in [3.63, 3.8) is 0 Å². The summed E-state index contributed by atoms with van der Waals surface area (Å²) in [5, 5.41) is 0. The maximum absolute atomic E-state index is 6.32. The summed E-state index contributed by atoms with van der Waals surface area (Å²) in [6, 6.07) is 6.06. The number of hydrogen-bond donors (Lipinski definition) is 0. The molecule has 2 atom stereocenters. The molecule has 1 aromatic heterocycles. The zero-order valence-corrected chi connectivity index (χ0v) is 22.8. The molecule has 1 heterocycles. The molecule has 5 heteroatoms. The Morgan fingerprint density at radius 2 is 1.32 bits per heavy atom. The number of pyridine rings is 1. The van der Waals surface area contributed by atoms with Gasteiger partial charge in [-0.25, -0.2) is 4.57 Å². The minimum Gasteiger partial charge on any atom is -0.373 e. The van der Waals surface area contributed by atoms with E-state index in [2.05, 4.69) is 18.4 Å². The summed E-state index contributed by atoms with van der Waals surface area (Å²) in [5.41, 5.74) is 0. The highest BCUT2D eigenvalue weighted by Gasteiger charge is 2.28. The summed E-state index contributed by atoms with van der Waals surface area (Å²) in [7, 11) is 1.70. The van der Waals surface area contributed by atoms with Gasteiger partial charge in [0.15, 0.2) is 24.7 Å². The van der Waals surface area contributed by atoms with Gasteiger partial charge in [0.05, 0.1) is 19.3 Å². The molecular formula is C29H54NO4+. The van der Waals surface area contributed by atoms with Crippen LogP contribution in [0.3, 0.4) is 0 Å².